The molecule has 0 unspecified atom stereocenters. The molecule has 1 rings (SSSR count). The Morgan fingerprint density at radius 3 is 1.66 bits per heavy atom. The Balaban J connectivity index is 0.000000828. The lowest BCUT2D eigenvalue weighted by Crippen LogP contribution is -2.26. The smallest absolute Gasteiger partial charge is 0.328 e. The molecule has 0 bridgehead atoms. The van der Waals surface area contributed by atoms with E-state index in [4.69, 9.17) is 15.1 Å². The van der Waals surface area contributed by atoms with Crippen LogP contribution >= 0.6 is 0 Å². The summed E-state index contributed by atoms with van der Waals surface area (Å²) in [6.07, 6.45) is 15.8. The molecule has 29 heavy (non-hydrogen) atoms. The van der Waals surface area contributed by atoms with E-state index in [2.05, 4.69) is 23.9 Å². The number of likely N-dealkylation sites (N-methyl/N-ethyl adjacent to an activating group) is 1. The van der Waals surface area contributed by atoms with Gasteiger partial charge in [0.15, 0.2) is 0 Å². The molecule has 168 valence electrons. The Hall–Kier alpha value is -1.89. The van der Waals surface area contributed by atoms with Crippen LogP contribution in [0.15, 0.2) is 17.3 Å². The molecule has 0 aromatic carbocycles. The maximum atomic E-state index is 9.55. The van der Waals surface area contributed by atoms with Gasteiger partial charge in [0.25, 0.3) is 0 Å². The molecule has 1 aliphatic carbocycles. The van der Waals surface area contributed by atoms with Gasteiger partial charge in [-0.1, -0.05) is 63.9 Å². The van der Waals surface area contributed by atoms with E-state index in [1.807, 2.05) is 0 Å². The van der Waals surface area contributed by atoms with Crippen molar-refractivity contribution in [1.29, 1.82) is 0 Å². The second kappa shape index (κ2) is 19.4. The number of rotatable bonds is 8. The van der Waals surface area contributed by atoms with Crippen LogP contribution in [0.3, 0.4) is 0 Å². The first-order chi connectivity index (χ1) is 14.0. The molecule has 0 aromatic heterocycles. The molecule has 0 spiro atoms. The van der Waals surface area contributed by atoms with Crippen LogP contribution in [0.5, 0.6) is 0 Å². The standard InChI is InChI=1S/C18H36N2O.C4H4O4/c1-3-20(4-2)16-17-21-19-18-14-12-10-8-6-5-7-9-11-13-15-18;5-3(6)1-2-4(7)8/h3-17H2,1-2H3;1-2H,(H,5,6)(H,7,8)/b;2-1+. The summed E-state index contributed by atoms with van der Waals surface area (Å²) in [5, 5.41) is 20.1. The predicted octanol–water partition coefficient (Wildman–Crippen LogP) is 4.72. The molecular formula is C22H40N2O5. The second-order valence-electron chi connectivity index (χ2n) is 7.21. The molecule has 0 saturated heterocycles. The zero-order valence-corrected chi connectivity index (χ0v) is 18.3. The minimum Gasteiger partial charge on any atom is -0.478 e. The minimum absolute atomic E-state index is 0.558. The Kier molecular flexibility index (Phi) is 18.2. The van der Waals surface area contributed by atoms with Gasteiger partial charge >= 0.3 is 11.9 Å². The fourth-order valence-corrected chi connectivity index (χ4v) is 3.10. The van der Waals surface area contributed by atoms with E-state index in [-0.39, 0.29) is 0 Å². The molecule has 1 aliphatic rings. The average Bonchev–Trinajstić information content (AvgIpc) is 2.68. The van der Waals surface area contributed by atoms with E-state index in [9.17, 15) is 9.59 Å². The van der Waals surface area contributed by atoms with Crippen molar-refractivity contribution < 1.29 is 24.6 Å². The first-order valence-corrected chi connectivity index (χ1v) is 11.0. The third-order valence-corrected chi connectivity index (χ3v) is 4.89. The van der Waals surface area contributed by atoms with Crippen molar-refractivity contribution in [3.63, 3.8) is 0 Å². The van der Waals surface area contributed by atoms with Crippen molar-refractivity contribution in [1.82, 2.24) is 4.90 Å². The number of hydrogen-bond acceptors (Lipinski definition) is 5. The Labute approximate surface area is 175 Å². The Morgan fingerprint density at radius 2 is 1.28 bits per heavy atom. The van der Waals surface area contributed by atoms with Crippen molar-refractivity contribution in [3.8, 4) is 0 Å². The average molecular weight is 413 g/mol. The summed E-state index contributed by atoms with van der Waals surface area (Å²) in [6.45, 7) is 8.30. The summed E-state index contributed by atoms with van der Waals surface area (Å²) in [5.74, 6) is -2.51. The summed E-state index contributed by atoms with van der Waals surface area (Å²) in [7, 11) is 0. The van der Waals surface area contributed by atoms with Crippen LogP contribution < -0.4 is 0 Å². The van der Waals surface area contributed by atoms with Gasteiger partial charge < -0.3 is 20.0 Å². The quantitative estimate of drug-likeness (QED) is 0.340. The number of hydrogen-bond donors (Lipinski definition) is 2. The molecule has 0 atom stereocenters. The molecule has 0 aliphatic heterocycles. The highest BCUT2D eigenvalue weighted by Crippen LogP contribution is 2.15. The van der Waals surface area contributed by atoms with Gasteiger partial charge in [0.2, 0.25) is 0 Å². The topological polar surface area (TPSA) is 99.4 Å². The van der Waals surface area contributed by atoms with Crippen LogP contribution in [0.1, 0.15) is 84.5 Å². The van der Waals surface area contributed by atoms with Gasteiger partial charge in [-0.15, -0.1) is 0 Å². The number of oxime groups is 1. The van der Waals surface area contributed by atoms with E-state index >= 15 is 0 Å². The van der Waals surface area contributed by atoms with Crippen molar-refractivity contribution in [2.75, 3.05) is 26.2 Å². The van der Waals surface area contributed by atoms with E-state index < -0.39 is 11.9 Å². The first-order valence-electron chi connectivity index (χ1n) is 11.0. The van der Waals surface area contributed by atoms with E-state index in [1.165, 1.54) is 63.5 Å². The van der Waals surface area contributed by atoms with Crippen LogP contribution in [-0.2, 0) is 14.4 Å². The fraction of sp³-hybridized carbons (Fsp3) is 0.773. The SMILES string of the molecule is CCN(CC)CCON=C1CCCCCCCCCCC1.O=C(O)/C=C/C(=O)O. The summed E-state index contributed by atoms with van der Waals surface area (Å²) < 4.78 is 0. The molecular weight excluding hydrogens is 372 g/mol. The Morgan fingerprint density at radius 1 is 0.862 bits per heavy atom. The van der Waals surface area contributed by atoms with Crippen LogP contribution in [0.25, 0.3) is 0 Å². The molecule has 0 aromatic rings. The van der Waals surface area contributed by atoms with Crippen LogP contribution in [0, 0.1) is 0 Å². The van der Waals surface area contributed by atoms with Crippen molar-refractivity contribution in [2.24, 2.45) is 5.16 Å². The fourth-order valence-electron chi connectivity index (χ4n) is 3.10. The van der Waals surface area contributed by atoms with E-state index in [0.717, 1.165) is 39.1 Å². The molecule has 1 saturated carbocycles. The largest absolute Gasteiger partial charge is 0.478 e. The van der Waals surface area contributed by atoms with Gasteiger partial charge in [-0.25, -0.2) is 9.59 Å². The maximum Gasteiger partial charge on any atom is 0.328 e. The zero-order chi connectivity index (χ0) is 21.7. The molecule has 2 N–H and O–H groups in total. The summed E-state index contributed by atoms with van der Waals surface area (Å²) in [5.41, 5.74) is 1.30. The molecule has 7 nitrogen and oxygen atoms in total. The lowest BCUT2D eigenvalue weighted by molar-refractivity contribution is -0.134. The van der Waals surface area contributed by atoms with Gasteiger partial charge in [0.1, 0.15) is 6.61 Å². The van der Waals surface area contributed by atoms with Crippen LogP contribution in [0.4, 0.5) is 0 Å². The highest BCUT2D eigenvalue weighted by Gasteiger charge is 2.04. The van der Waals surface area contributed by atoms with Crippen molar-refractivity contribution >= 4 is 17.7 Å². The number of carbonyl (C=O) groups is 2. The van der Waals surface area contributed by atoms with Crippen molar-refractivity contribution in [3.05, 3.63) is 12.2 Å². The highest BCUT2D eigenvalue weighted by molar-refractivity contribution is 5.89. The molecule has 0 heterocycles. The lowest BCUT2D eigenvalue weighted by Gasteiger charge is -2.16. The van der Waals surface area contributed by atoms with Gasteiger partial charge in [0.05, 0.1) is 5.71 Å². The van der Waals surface area contributed by atoms with E-state index in [0.29, 0.717) is 12.2 Å². The highest BCUT2D eigenvalue weighted by atomic mass is 16.6. The molecule has 0 amide bonds. The van der Waals surface area contributed by atoms with Gasteiger partial charge in [-0.2, -0.15) is 0 Å². The second-order valence-corrected chi connectivity index (χ2v) is 7.21. The van der Waals surface area contributed by atoms with Crippen LogP contribution in [0.2, 0.25) is 0 Å². The van der Waals surface area contributed by atoms with Crippen LogP contribution in [-0.4, -0.2) is 59.0 Å². The molecule has 7 heteroatoms. The first kappa shape index (κ1) is 27.1. The van der Waals surface area contributed by atoms with Gasteiger partial charge in [-0.05, 0) is 38.8 Å². The number of aliphatic carboxylic acids is 2. The molecule has 1 fully saturated rings. The Bertz CT molecular complexity index is 458. The summed E-state index contributed by atoms with van der Waals surface area (Å²) in [4.78, 5) is 27.1. The van der Waals surface area contributed by atoms with Gasteiger partial charge in [-0.3, -0.25) is 0 Å². The number of carboxylic acid groups (broad SMARTS) is 2. The third-order valence-electron chi connectivity index (χ3n) is 4.89. The van der Waals surface area contributed by atoms with Gasteiger partial charge in [0, 0.05) is 18.7 Å². The number of carboxylic acids is 2. The van der Waals surface area contributed by atoms with E-state index in [1.54, 1.807) is 0 Å². The minimum atomic E-state index is -1.26. The monoisotopic (exact) mass is 412 g/mol. The molecule has 0 radical (unpaired) electrons. The predicted molar refractivity (Wildman–Crippen MR) is 116 cm³/mol. The zero-order valence-electron chi connectivity index (χ0n) is 18.3. The third kappa shape index (κ3) is 19.2. The number of nitrogens with zero attached hydrogens (tertiary/aromatic N) is 2. The summed E-state index contributed by atoms with van der Waals surface area (Å²) >= 11 is 0. The summed E-state index contributed by atoms with van der Waals surface area (Å²) in [6, 6.07) is 0. The maximum absolute atomic E-state index is 9.55. The normalized spacial score (nSPS) is 16.3. The lowest BCUT2D eigenvalue weighted by atomic mass is 10.00. The van der Waals surface area contributed by atoms with Crippen molar-refractivity contribution in [2.45, 2.75) is 84.5 Å².